The van der Waals surface area contributed by atoms with Gasteiger partial charge in [0.25, 0.3) is 0 Å². The highest BCUT2D eigenvalue weighted by Crippen LogP contribution is 2.37. The minimum Gasteiger partial charge on any atom is -0.359 e. The van der Waals surface area contributed by atoms with Crippen LogP contribution < -0.4 is 0 Å². The molecule has 0 aliphatic rings. The third-order valence-electron chi connectivity index (χ3n) is 3.72. The van der Waals surface area contributed by atoms with E-state index in [-0.39, 0.29) is 5.04 Å². The number of rotatable bonds is 8. The van der Waals surface area contributed by atoms with Crippen LogP contribution in [0, 0.1) is 0 Å². The maximum atomic E-state index is 12.2. The zero-order valence-electron chi connectivity index (χ0n) is 12.3. The van der Waals surface area contributed by atoms with Crippen molar-refractivity contribution >= 4 is 13.5 Å². The largest absolute Gasteiger partial charge is 0.359 e. The van der Waals surface area contributed by atoms with Crippen LogP contribution in [-0.2, 0) is 14.3 Å². The average Bonchev–Trinajstić information content (AvgIpc) is 2.21. The molecule has 0 heterocycles. The lowest BCUT2D eigenvalue weighted by molar-refractivity contribution is -0.113. The number of hydrogen-bond acceptors (Lipinski definition) is 3. The molecule has 17 heavy (non-hydrogen) atoms. The second-order valence-electron chi connectivity index (χ2n) is 6.07. The number of methoxy groups -OCH3 is 1. The van der Waals surface area contributed by atoms with E-state index in [9.17, 15) is 4.79 Å². The lowest BCUT2D eigenvalue weighted by Gasteiger charge is -2.35. The molecule has 0 N–H and O–H groups in total. The van der Waals surface area contributed by atoms with Crippen molar-refractivity contribution in [2.45, 2.75) is 58.2 Å². The molecule has 0 amide bonds. The van der Waals surface area contributed by atoms with Gasteiger partial charge in [-0.05, 0) is 17.9 Å². The van der Waals surface area contributed by atoms with Crippen LogP contribution in [0.1, 0.15) is 40.0 Å². The molecule has 0 fully saturated rings. The molecular formula is C13H28O3Si. The first-order valence-corrected chi connectivity index (χ1v) is 9.33. The summed E-state index contributed by atoms with van der Waals surface area (Å²) in [4.78, 5) is 12.2. The standard InChI is InChI=1S/C13H28O3Si/c1-13(2,3)17(5,6)12(14)9-7-8-10-16-11-15-4/h7-11H2,1-6H3. The molecule has 0 aliphatic carbocycles. The predicted octanol–water partition coefficient (Wildman–Crippen LogP) is 3.39. The molecular weight excluding hydrogens is 232 g/mol. The van der Waals surface area contributed by atoms with Crippen molar-refractivity contribution < 1.29 is 14.3 Å². The molecule has 4 heteroatoms. The first kappa shape index (κ1) is 16.8. The molecule has 0 aliphatic heterocycles. The summed E-state index contributed by atoms with van der Waals surface area (Å²) in [5.41, 5.74) is 0. The maximum absolute atomic E-state index is 12.2. The van der Waals surface area contributed by atoms with E-state index in [1.165, 1.54) is 0 Å². The molecule has 0 aromatic heterocycles. The average molecular weight is 260 g/mol. The molecule has 0 rings (SSSR count). The van der Waals surface area contributed by atoms with E-state index in [0.29, 0.717) is 25.2 Å². The number of ether oxygens (including phenoxy) is 2. The maximum Gasteiger partial charge on any atom is 0.146 e. The zero-order chi connectivity index (χ0) is 13.5. The monoisotopic (exact) mass is 260 g/mol. The Labute approximate surface area is 107 Å². The number of carbonyl (C=O) groups excluding carboxylic acids is 1. The molecule has 0 radical (unpaired) electrons. The van der Waals surface area contributed by atoms with Gasteiger partial charge in [0.1, 0.15) is 20.3 Å². The Morgan fingerprint density at radius 3 is 2.24 bits per heavy atom. The van der Waals surface area contributed by atoms with Crippen molar-refractivity contribution in [1.29, 1.82) is 0 Å². The lowest BCUT2D eigenvalue weighted by Crippen LogP contribution is -2.46. The summed E-state index contributed by atoms with van der Waals surface area (Å²) < 4.78 is 9.98. The van der Waals surface area contributed by atoms with Crippen molar-refractivity contribution in [2.24, 2.45) is 0 Å². The van der Waals surface area contributed by atoms with E-state index in [0.717, 1.165) is 12.8 Å². The minimum absolute atomic E-state index is 0.149. The van der Waals surface area contributed by atoms with Crippen LogP contribution in [0.15, 0.2) is 0 Å². The number of unbranched alkanes of at least 4 members (excludes halogenated alkanes) is 1. The molecule has 102 valence electrons. The van der Waals surface area contributed by atoms with Crippen molar-refractivity contribution in [1.82, 2.24) is 0 Å². The van der Waals surface area contributed by atoms with E-state index in [1.54, 1.807) is 7.11 Å². The normalized spacial score (nSPS) is 12.8. The summed E-state index contributed by atoms with van der Waals surface area (Å²) in [5.74, 6) is 0. The van der Waals surface area contributed by atoms with E-state index >= 15 is 0 Å². The summed E-state index contributed by atoms with van der Waals surface area (Å²) in [6, 6.07) is 0. The molecule has 0 aromatic carbocycles. The third-order valence-corrected chi connectivity index (χ3v) is 9.11. The van der Waals surface area contributed by atoms with Gasteiger partial charge in [0.05, 0.1) is 0 Å². The number of carbonyl (C=O) groups is 1. The second kappa shape index (κ2) is 7.29. The fraction of sp³-hybridized carbons (Fsp3) is 0.923. The second-order valence-corrected chi connectivity index (χ2v) is 11.4. The summed E-state index contributed by atoms with van der Waals surface area (Å²) >= 11 is 0. The molecule has 0 bridgehead atoms. The van der Waals surface area contributed by atoms with Gasteiger partial charge in [-0.25, -0.2) is 0 Å². The topological polar surface area (TPSA) is 35.5 Å². The quantitative estimate of drug-likeness (QED) is 0.381. The molecule has 3 nitrogen and oxygen atoms in total. The Balaban J connectivity index is 3.87. The SMILES string of the molecule is COCOCCCCC(=O)[Si](C)(C)C(C)(C)C. The Hall–Kier alpha value is -0.193. The first-order valence-electron chi connectivity index (χ1n) is 6.33. The van der Waals surface area contributed by atoms with Crippen molar-refractivity contribution in [3.05, 3.63) is 0 Å². The smallest absolute Gasteiger partial charge is 0.146 e. The van der Waals surface area contributed by atoms with Crippen LogP contribution >= 0.6 is 0 Å². The van der Waals surface area contributed by atoms with Crippen LogP contribution in [0.3, 0.4) is 0 Å². The summed E-state index contributed by atoms with van der Waals surface area (Å²) in [5, 5.41) is 0.633. The van der Waals surface area contributed by atoms with Gasteiger partial charge in [-0.1, -0.05) is 33.9 Å². The highest BCUT2D eigenvalue weighted by molar-refractivity contribution is 7.06. The molecule has 0 aromatic rings. The van der Waals surface area contributed by atoms with Gasteiger partial charge in [0, 0.05) is 20.1 Å². The van der Waals surface area contributed by atoms with Crippen LogP contribution in [0.2, 0.25) is 18.1 Å². The fourth-order valence-corrected chi connectivity index (χ4v) is 3.00. The zero-order valence-corrected chi connectivity index (χ0v) is 13.3. The van der Waals surface area contributed by atoms with Crippen LogP contribution in [0.4, 0.5) is 0 Å². The minimum atomic E-state index is -1.79. The Bertz CT molecular complexity index is 231. The van der Waals surface area contributed by atoms with Gasteiger partial charge in [-0.3, -0.25) is 0 Å². The first-order chi connectivity index (χ1) is 7.73. The van der Waals surface area contributed by atoms with Gasteiger partial charge in [-0.2, -0.15) is 0 Å². The van der Waals surface area contributed by atoms with E-state index in [1.807, 2.05) is 0 Å². The van der Waals surface area contributed by atoms with Crippen LogP contribution in [0.25, 0.3) is 0 Å². The molecule has 0 saturated heterocycles. The van der Waals surface area contributed by atoms with Crippen molar-refractivity contribution in [3.8, 4) is 0 Å². The fourth-order valence-electron chi connectivity index (χ4n) is 1.36. The highest BCUT2D eigenvalue weighted by Gasteiger charge is 2.41. The van der Waals surface area contributed by atoms with Gasteiger partial charge >= 0.3 is 0 Å². The Morgan fingerprint density at radius 2 is 1.76 bits per heavy atom. The van der Waals surface area contributed by atoms with Crippen molar-refractivity contribution in [2.75, 3.05) is 20.5 Å². The van der Waals surface area contributed by atoms with Gasteiger partial charge in [0.2, 0.25) is 0 Å². The van der Waals surface area contributed by atoms with Gasteiger partial charge in [0.15, 0.2) is 0 Å². The summed E-state index contributed by atoms with van der Waals surface area (Å²) in [6.45, 7) is 11.9. The lowest BCUT2D eigenvalue weighted by atomic mass is 10.2. The van der Waals surface area contributed by atoms with Gasteiger partial charge < -0.3 is 14.3 Å². The third kappa shape index (κ3) is 5.79. The van der Waals surface area contributed by atoms with Gasteiger partial charge in [-0.15, -0.1) is 0 Å². The molecule has 0 atom stereocenters. The van der Waals surface area contributed by atoms with E-state index < -0.39 is 8.07 Å². The highest BCUT2D eigenvalue weighted by atomic mass is 28.3. The van der Waals surface area contributed by atoms with E-state index in [2.05, 4.69) is 33.9 Å². The Morgan fingerprint density at radius 1 is 1.18 bits per heavy atom. The van der Waals surface area contributed by atoms with Crippen LogP contribution in [0.5, 0.6) is 0 Å². The summed E-state index contributed by atoms with van der Waals surface area (Å²) in [7, 11) is -0.176. The van der Waals surface area contributed by atoms with E-state index in [4.69, 9.17) is 9.47 Å². The molecule has 0 spiro atoms. The Kier molecular flexibility index (Phi) is 7.20. The molecule has 0 saturated carbocycles. The summed E-state index contributed by atoms with van der Waals surface area (Å²) in [6.07, 6.45) is 2.56. The van der Waals surface area contributed by atoms with Crippen LogP contribution in [-0.4, -0.2) is 34.0 Å². The molecule has 0 unspecified atom stereocenters. The predicted molar refractivity (Wildman–Crippen MR) is 73.9 cm³/mol. The van der Waals surface area contributed by atoms with Crippen molar-refractivity contribution in [3.63, 3.8) is 0 Å². The number of hydrogen-bond donors (Lipinski definition) is 0.